The van der Waals surface area contributed by atoms with Gasteiger partial charge in [0.25, 0.3) is 0 Å². The second-order valence-electron chi connectivity index (χ2n) is 8.91. The van der Waals surface area contributed by atoms with Crippen LogP contribution in [0.25, 0.3) is 16.8 Å². The zero-order valence-electron chi connectivity index (χ0n) is 19.8. The lowest BCUT2D eigenvalue weighted by Crippen LogP contribution is -2.57. The van der Waals surface area contributed by atoms with Crippen molar-refractivity contribution >= 4 is 23.0 Å². The molecule has 2 fully saturated rings. The fourth-order valence-electron chi connectivity index (χ4n) is 4.48. The van der Waals surface area contributed by atoms with Crippen molar-refractivity contribution in [3.8, 4) is 11.3 Å². The number of halogens is 1. The number of piperidine rings is 1. The van der Waals surface area contributed by atoms with Gasteiger partial charge >= 0.3 is 6.10 Å². The highest BCUT2D eigenvalue weighted by atomic mass is 19.1. The Morgan fingerprint density at radius 3 is 2.64 bits per heavy atom. The van der Waals surface area contributed by atoms with E-state index in [9.17, 15) is 19.7 Å². The molecule has 0 saturated carbocycles. The Kier molecular flexibility index (Phi) is 6.53. The lowest BCUT2D eigenvalue weighted by molar-refractivity contribution is -0.289. The van der Waals surface area contributed by atoms with Gasteiger partial charge in [-0.2, -0.15) is 15.2 Å². The number of alkyl halides is 1. The molecule has 0 spiro atoms. The van der Waals surface area contributed by atoms with Gasteiger partial charge in [-0.3, -0.25) is 15.2 Å². The van der Waals surface area contributed by atoms with E-state index in [-0.39, 0.29) is 24.4 Å². The predicted molar refractivity (Wildman–Crippen MR) is 128 cm³/mol. The molecule has 2 saturated heterocycles. The van der Waals surface area contributed by atoms with Gasteiger partial charge < -0.3 is 25.4 Å². The first-order valence-electron chi connectivity index (χ1n) is 11.6. The minimum atomic E-state index is -3.25. The fourth-order valence-corrected chi connectivity index (χ4v) is 4.48. The maximum atomic E-state index is 15.0. The molecule has 2 aliphatic rings. The summed E-state index contributed by atoms with van der Waals surface area (Å²) < 4.78 is 21.6. The summed E-state index contributed by atoms with van der Waals surface area (Å²) in [6.07, 6.45) is -2.23. The standard InChI is InChI=1S/C22H28FN9O4/c1-12-16(29-24-2)3-4-17(25-12)14-5-8-32-19(14)20(28-22(33,34)35)27-21(30-32)26-18-6-7-31(9-15(18)23)13-10-36-11-13/h3-5,8,13,15,18,33-35H,6-7,9-11H2,1-2H3,(H2,26,27,28,30). The number of fused-ring (bicyclic) bond motifs is 1. The molecule has 2 unspecified atom stereocenters. The van der Waals surface area contributed by atoms with E-state index in [1.54, 1.807) is 38.4 Å². The molecule has 0 bridgehead atoms. The average molecular weight is 502 g/mol. The van der Waals surface area contributed by atoms with Crippen molar-refractivity contribution in [2.24, 2.45) is 10.2 Å². The predicted octanol–water partition coefficient (Wildman–Crippen LogP) is 1.04. The normalized spacial score (nSPS) is 21.7. The summed E-state index contributed by atoms with van der Waals surface area (Å²) in [4.78, 5) is 11.0. The van der Waals surface area contributed by atoms with Crippen LogP contribution < -0.4 is 10.6 Å². The summed E-state index contributed by atoms with van der Waals surface area (Å²) >= 11 is 0. The molecule has 192 valence electrons. The molecule has 3 aromatic heterocycles. The van der Waals surface area contributed by atoms with Crippen molar-refractivity contribution in [2.45, 2.75) is 37.7 Å². The first kappa shape index (κ1) is 24.4. The molecule has 0 aromatic carbocycles. The topological polar surface area (TPSA) is 165 Å². The van der Waals surface area contributed by atoms with Gasteiger partial charge in [-0.25, -0.2) is 8.91 Å². The zero-order valence-corrected chi connectivity index (χ0v) is 19.8. The Bertz CT molecular complexity index is 1270. The largest absolute Gasteiger partial charge is 0.378 e. The van der Waals surface area contributed by atoms with Crippen LogP contribution in [0, 0.1) is 6.92 Å². The van der Waals surface area contributed by atoms with Crippen molar-refractivity contribution in [1.82, 2.24) is 24.5 Å². The van der Waals surface area contributed by atoms with Gasteiger partial charge in [-0.05, 0) is 31.5 Å². The van der Waals surface area contributed by atoms with Crippen LogP contribution in [0.2, 0.25) is 0 Å². The Balaban J connectivity index is 1.46. The molecule has 5 rings (SSSR count). The van der Waals surface area contributed by atoms with E-state index in [2.05, 4.69) is 40.8 Å². The Morgan fingerprint density at radius 2 is 2.00 bits per heavy atom. The SMILES string of the molecule is CN=Nc1ccc(-c2ccn3nc(NC4CCN(C5COC5)CC4F)nc(NC(O)(O)O)c23)nc1C. The molecule has 5 N–H and O–H groups in total. The average Bonchev–Trinajstić information content (AvgIpc) is 3.19. The van der Waals surface area contributed by atoms with Crippen LogP contribution in [0.1, 0.15) is 12.1 Å². The number of nitrogens with zero attached hydrogens (tertiary/aromatic N) is 7. The lowest BCUT2D eigenvalue weighted by Gasteiger charge is -2.42. The number of hydrogen-bond acceptors (Lipinski definition) is 12. The molecule has 14 heteroatoms. The van der Waals surface area contributed by atoms with Crippen molar-refractivity contribution < 1.29 is 24.4 Å². The maximum Gasteiger partial charge on any atom is 0.368 e. The maximum absolute atomic E-state index is 15.0. The van der Waals surface area contributed by atoms with Gasteiger partial charge in [-0.1, -0.05) is 0 Å². The van der Waals surface area contributed by atoms with Crippen LogP contribution in [-0.4, -0.2) is 97.5 Å². The highest BCUT2D eigenvalue weighted by Crippen LogP contribution is 2.32. The minimum Gasteiger partial charge on any atom is -0.378 e. The van der Waals surface area contributed by atoms with Crippen LogP contribution >= 0.6 is 0 Å². The van der Waals surface area contributed by atoms with E-state index in [1.165, 1.54) is 4.52 Å². The molecule has 0 radical (unpaired) electrons. The smallest absolute Gasteiger partial charge is 0.368 e. The molecular formula is C22H28FN9O4. The number of anilines is 2. The van der Waals surface area contributed by atoms with Gasteiger partial charge in [0.2, 0.25) is 5.95 Å². The van der Waals surface area contributed by atoms with Gasteiger partial charge in [-0.15, -0.1) is 5.10 Å². The number of nitrogens with one attached hydrogen (secondary N) is 2. The van der Waals surface area contributed by atoms with E-state index >= 15 is 0 Å². The van der Waals surface area contributed by atoms with Crippen LogP contribution in [0.5, 0.6) is 0 Å². The Hall–Kier alpha value is -3.30. The van der Waals surface area contributed by atoms with Gasteiger partial charge in [0.15, 0.2) is 5.82 Å². The van der Waals surface area contributed by atoms with Crippen molar-refractivity contribution in [3.63, 3.8) is 0 Å². The summed E-state index contributed by atoms with van der Waals surface area (Å²) in [5, 5.41) is 46.3. The molecule has 2 aliphatic heterocycles. The highest BCUT2D eigenvalue weighted by Gasteiger charge is 2.36. The molecule has 13 nitrogen and oxygen atoms in total. The summed E-state index contributed by atoms with van der Waals surface area (Å²) in [6.45, 7) is 4.03. The fraction of sp³-hybridized carbons (Fsp3) is 0.500. The van der Waals surface area contributed by atoms with Gasteiger partial charge in [0.1, 0.15) is 17.4 Å². The van der Waals surface area contributed by atoms with Gasteiger partial charge in [0, 0.05) is 31.9 Å². The molecule has 5 heterocycles. The number of rotatable bonds is 7. The lowest BCUT2D eigenvalue weighted by atomic mass is 10.0. The monoisotopic (exact) mass is 501 g/mol. The molecule has 3 aromatic rings. The van der Waals surface area contributed by atoms with Crippen LogP contribution in [-0.2, 0) is 4.74 Å². The number of likely N-dealkylation sites (tertiary alicyclic amines) is 1. The summed E-state index contributed by atoms with van der Waals surface area (Å²) in [7, 11) is 1.57. The second-order valence-corrected chi connectivity index (χ2v) is 8.91. The van der Waals surface area contributed by atoms with Gasteiger partial charge in [0.05, 0.1) is 36.7 Å². The number of hydrogen-bond donors (Lipinski definition) is 5. The Labute approximate surface area is 205 Å². The van der Waals surface area contributed by atoms with Crippen LogP contribution in [0.3, 0.4) is 0 Å². The third kappa shape index (κ3) is 4.99. The number of pyridine rings is 1. The van der Waals surface area contributed by atoms with E-state index in [1.807, 2.05) is 0 Å². The highest BCUT2D eigenvalue weighted by molar-refractivity contribution is 5.88. The second kappa shape index (κ2) is 9.63. The number of azo groups is 1. The van der Waals surface area contributed by atoms with Crippen LogP contribution in [0.15, 0.2) is 34.6 Å². The van der Waals surface area contributed by atoms with E-state index in [4.69, 9.17) is 4.74 Å². The zero-order chi connectivity index (χ0) is 25.4. The third-order valence-corrected chi connectivity index (χ3v) is 6.36. The summed E-state index contributed by atoms with van der Waals surface area (Å²) in [5.74, 6) is -0.0245. The van der Waals surface area contributed by atoms with Crippen molar-refractivity contribution in [3.05, 3.63) is 30.1 Å². The summed E-state index contributed by atoms with van der Waals surface area (Å²) in [6, 6.07) is 4.95. The number of aryl methyl sites for hydroxylation is 1. The molecule has 2 atom stereocenters. The van der Waals surface area contributed by atoms with Crippen LogP contribution in [0.4, 0.5) is 21.8 Å². The third-order valence-electron chi connectivity index (χ3n) is 6.36. The Morgan fingerprint density at radius 1 is 1.19 bits per heavy atom. The van der Waals surface area contributed by atoms with Crippen molar-refractivity contribution in [2.75, 3.05) is 44.0 Å². The summed E-state index contributed by atoms with van der Waals surface area (Å²) in [5.41, 5.74) is 2.70. The quantitative estimate of drug-likeness (QED) is 0.233. The molecule has 0 aliphatic carbocycles. The van der Waals surface area contributed by atoms with Crippen molar-refractivity contribution in [1.29, 1.82) is 0 Å². The minimum absolute atomic E-state index is 0.0623. The molecular weight excluding hydrogens is 473 g/mol. The molecule has 36 heavy (non-hydrogen) atoms. The number of ether oxygens (including phenoxy) is 1. The van der Waals surface area contributed by atoms with E-state index in [0.29, 0.717) is 54.3 Å². The first-order valence-corrected chi connectivity index (χ1v) is 11.6. The van der Waals surface area contributed by atoms with E-state index < -0.39 is 18.3 Å². The number of aromatic nitrogens is 4. The first-order chi connectivity index (χ1) is 17.2. The van der Waals surface area contributed by atoms with E-state index in [0.717, 1.165) is 0 Å². The number of aliphatic hydroxyl groups is 3. The molecule has 0 amide bonds.